The number of aromatic nitrogens is 2. The highest BCUT2D eigenvalue weighted by Crippen LogP contribution is 2.25. The molecule has 1 fully saturated rings. The number of aliphatic hydroxyl groups is 1. The van der Waals surface area contributed by atoms with Crippen molar-refractivity contribution in [2.24, 2.45) is 5.73 Å². The van der Waals surface area contributed by atoms with Crippen LogP contribution in [0.5, 0.6) is 0 Å². The van der Waals surface area contributed by atoms with Crippen molar-refractivity contribution in [2.45, 2.75) is 50.8 Å². The lowest BCUT2D eigenvalue weighted by Crippen LogP contribution is -2.36. The first-order valence-corrected chi connectivity index (χ1v) is 9.54. The van der Waals surface area contributed by atoms with Gasteiger partial charge in [-0.3, -0.25) is 0 Å². The van der Waals surface area contributed by atoms with Crippen molar-refractivity contribution in [1.82, 2.24) is 9.97 Å². The second-order valence-corrected chi connectivity index (χ2v) is 7.36. The standard InChI is InChI=1S/C20H27N5O/c21-10-17-8-18(26)12-25(17)20-9-19(23-13-24-20)22-11-14-5-6-15-3-1-2-4-16(15)7-14/h5-7,9,13,17-18,26H,1-4,8,10-12,21H2,(H,22,23,24)/t17-,18-/m1/s1. The highest BCUT2D eigenvalue weighted by molar-refractivity contribution is 5.50. The van der Waals surface area contributed by atoms with Gasteiger partial charge in [0.15, 0.2) is 0 Å². The second-order valence-electron chi connectivity index (χ2n) is 7.36. The molecule has 0 spiro atoms. The number of aliphatic hydroxyl groups excluding tert-OH is 1. The Kier molecular flexibility index (Phi) is 5.04. The number of nitrogens with zero attached hydrogens (tertiary/aromatic N) is 3. The van der Waals surface area contributed by atoms with E-state index in [2.05, 4.69) is 38.4 Å². The number of fused-ring (bicyclic) bond motifs is 1. The van der Waals surface area contributed by atoms with E-state index in [1.165, 1.54) is 42.4 Å². The van der Waals surface area contributed by atoms with Gasteiger partial charge in [0.05, 0.1) is 6.10 Å². The van der Waals surface area contributed by atoms with Crippen LogP contribution in [0.15, 0.2) is 30.6 Å². The minimum Gasteiger partial charge on any atom is -0.391 e. The van der Waals surface area contributed by atoms with Crippen LogP contribution in [0.25, 0.3) is 0 Å². The molecule has 6 heteroatoms. The monoisotopic (exact) mass is 353 g/mol. The van der Waals surface area contributed by atoms with Crippen molar-refractivity contribution in [2.75, 3.05) is 23.3 Å². The molecule has 1 saturated heterocycles. The van der Waals surface area contributed by atoms with Gasteiger partial charge in [0.2, 0.25) is 0 Å². The molecular formula is C20H27N5O. The van der Waals surface area contributed by atoms with Crippen LogP contribution in [0.2, 0.25) is 0 Å². The molecule has 2 heterocycles. The number of rotatable bonds is 5. The Morgan fingerprint density at radius 3 is 2.85 bits per heavy atom. The van der Waals surface area contributed by atoms with Crippen LogP contribution in [-0.2, 0) is 19.4 Å². The van der Waals surface area contributed by atoms with Crippen molar-refractivity contribution in [3.05, 3.63) is 47.3 Å². The highest BCUT2D eigenvalue weighted by Gasteiger charge is 2.30. The summed E-state index contributed by atoms with van der Waals surface area (Å²) >= 11 is 0. The molecule has 0 amide bonds. The number of anilines is 2. The van der Waals surface area contributed by atoms with Gasteiger partial charge >= 0.3 is 0 Å². The number of hydrogen-bond acceptors (Lipinski definition) is 6. The first-order chi connectivity index (χ1) is 12.7. The molecule has 1 aliphatic heterocycles. The van der Waals surface area contributed by atoms with E-state index < -0.39 is 0 Å². The lowest BCUT2D eigenvalue weighted by Gasteiger charge is -2.24. The number of hydrogen-bond donors (Lipinski definition) is 3. The summed E-state index contributed by atoms with van der Waals surface area (Å²) in [6.07, 6.45) is 6.93. The molecule has 138 valence electrons. The molecule has 26 heavy (non-hydrogen) atoms. The van der Waals surface area contributed by atoms with E-state index >= 15 is 0 Å². The zero-order valence-corrected chi connectivity index (χ0v) is 15.1. The quantitative estimate of drug-likeness (QED) is 0.761. The maximum Gasteiger partial charge on any atom is 0.134 e. The molecule has 2 atom stereocenters. The third-order valence-electron chi connectivity index (χ3n) is 5.50. The molecule has 1 aromatic heterocycles. The van der Waals surface area contributed by atoms with E-state index in [1.54, 1.807) is 6.33 Å². The van der Waals surface area contributed by atoms with Gasteiger partial charge in [0, 0.05) is 31.7 Å². The van der Waals surface area contributed by atoms with E-state index in [0.717, 1.165) is 18.2 Å². The van der Waals surface area contributed by atoms with Crippen LogP contribution in [0.4, 0.5) is 11.6 Å². The Morgan fingerprint density at radius 2 is 2.00 bits per heavy atom. The molecule has 4 N–H and O–H groups in total. The molecule has 1 aliphatic carbocycles. The molecule has 2 aromatic rings. The Labute approximate surface area is 154 Å². The molecule has 0 saturated carbocycles. The van der Waals surface area contributed by atoms with Crippen LogP contribution >= 0.6 is 0 Å². The Bertz CT molecular complexity index is 766. The van der Waals surface area contributed by atoms with Crippen molar-refractivity contribution >= 4 is 11.6 Å². The molecule has 0 unspecified atom stereocenters. The second kappa shape index (κ2) is 7.60. The topological polar surface area (TPSA) is 87.3 Å². The maximum absolute atomic E-state index is 9.92. The Balaban J connectivity index is 1.44. The van der Waals surface area contributed by atoms with Crippen LogP contribution < -0.4 is 16.0 Å². The van der Waals surface area contributed by atoms with Gasteiger partial charge in [-0.05, 0) is 48.8 Å². The first kappa shape index (κ1) is 17.2. The zero-order valence-electron chi connectivity index (χ0n) is 15.1. The van der Waals surface area contributed by atoms with Crippen LogP contribution in [0.1, 0.15) is 36.0 Å². The van der Waals surface area contributed by atoms with Gasteiger partial charge in [-0.1, -0.05) is 18.2 Å². The third-order valence-corrected chi connectivity index (χ3v) is 5.50. The van der Waals surface area contributed by atoms with Gasteiger partial charge in [-0.25, -0.2) is 9.97 Å². The van der Waals surface area contributed by atoms with E-state index in [0.29, 0.717) is 19.5 Å². The molecule has 6 nitrogen and oxygen atoms in total. The average Bonchev–Trinajstić information content (AvgIpc) is 3.07. The van der Waals surface area contributed by atoms with Crippen molar-refractivity contribution in [3.63, 3.8) is 0 Å². The normalized spacial score (nSPS) is 22.3. The number of nitrogens with two attached hydrogens (primary N) is 1. The van der Waals surface area contributed by atoms with Crippen molar-refractivity contribution < 1.29 is 5.11 Å². The van der Waals surface area contributed by atoms with Crippen LogP contribution in [0.3, 0.4) is 0 Å². The minimum absolute atomic E-state index is 0.133. The van der Waals surface area contributed by atoms with Gasteiger partial charge in [-0.2, -0.15) is 0 Å². The number of nitrogens with one attached hydrogen (secondary N) is 1. The fourth-order valence-electron chi connectivity index (χ4n) is 4.09. The molecule has 2 aliphatic rings. The predicted molar refractivity (Wildman–Crippen MR) is 103 cm³/mol. The van der Waals surface area contributed by atoms with Gasteiger partial charge in [-0.15, -0.1) is 0 Å². The van der Waals surface area contributed by atoms with Gasteiger partial charge in [0.1, 0.15) is 18.0 Å². The number of aryl methyl sites for hydroxylation is 2. The predicted octanol–water partition coefficient (Wildman–Crippen LogP) is 1.87. The summed E-state index contributed by atoms with van der Waals surface area (Å²) in [5, 5.41) is 13.3. The molecule has 0 radical (unpaired) electrons. The lowest BCUT2D eigenvalue weighted by molar-refractivity contribution is 0.194. The maximum atomic E-state index is 9.92. The number of benzene rings is 1. The summed E-state index contributed by atoms with van der Waals surface area (Å²) in [6.45, 7) is 1.83. The molecule has 1 aromatic carbocycles. The van der Waals surface area contributed by atoms with Crippen molar-refractivity contribution in [3.8, 4) is 0 Å². The van der Waals surface area contributed by atoms with Crippen molar-refractivity contribution in [1.29, 1.82) is 0 Å². The number of β-amino-alcohol motifs (C(OH)–C–C–N with tert-alkyl or cyclic N) is 1. The summed E-state index contributed by atoms with van der Waals surface area (Å²) in [7, 11) is 0. The summed E-state index contributed by atoms with van der Waals surface area (Å²) in [6, 6.07) is 8.88. The third kappa shape index (κ3) is 3.66. The SMILES string of the molecule is NC[C@H]1C[C@@H](O)CN1c1cc(NCc2ccc3c(c2)CCCC3)ncn1. The van der Waals surface area contributed by atoms with E-state index in [9.17, 15) is 5.11 Å². The summed E-state index contributed by atoms with van der Waals surface area (Å²) < 4.78 is 0. The largest absolute Gasteiger partial charge is 0.391 e. The van der Waals surface area contributed by atoms with Gasteiger partial charge < -0.3 is 21.1 Å². The summed E-state index contributed by atoms with van der Waals surface area (Å²) in [4.78, 5) is 10.8. The smallest absolute Gasteiger partial charge is 0.134 e. The molecular weight excluding hydrogens is 326 g/mol. The van der Waals surface area contributed by atoms with Crippen LogP contribution in [-0.4, -0.2) is 40.3 Å². The summed E-state index contributed by atoms with van der Waals surface area (Å²) in [5.41, 5.74) is 10.1. The highest BCUT2D eigenvalue weighted by atomic mass is 16.3. The fraction of sp³-hybridized carbons (Fsp3) is 0.500. The molecule has 4 rings (SSSR count). The van der Waals surface area contributed by atoms with Crippen LogP contribution in [0, 0.1) is 0 Å². The summed E-state index contributed by atoms with van der Waals surface area (Å²) in [5.74, 6) is 1.62. The van der Waals surface area contributed by atoms with E-state index in [4.69, 9.17) is 5.73 Å². The van der Waals surface area contributed by atoms with Gasteiger partial charge in [0.25, 0.3) is 0 Å². The first-order valence-electron chi connectivity index (χ1n) is 9.54. The van der Waals surface area contributed by atoms with E-state index in [1.807, 2.05) is 6.07 Å². The average molecular weight is 353 g/mol. The minimum atomic E-state index is -0.342. The zero-order chi connectivity index (χ0) is 17.9. The Morgan fingerprint density at radius 1 is 1.15 bits per heavy atom. The lowest BCUT2D eigenvalue weighted by atomic mass is 9.90. The fourth-order valence-corrected chi connectivity index (χ4v) is 4.09. The Hall–Kier alpha value is -2.18. The molecule has 0 bridgehead atoms. The van der Waals surface area contributed by atoms with E-state index in [-0.39, 0.29) is 12.1 Å².